The highest BCUT2D eigenvalue weighted by molar-refractivity contribution is 5.54. The van der Waals surface area contributed by atoms with Crippen molar-refractivity contribution >= 4 is 5.82 Å². The zero-order chi connectivity index (χ0) is 9.26. The van der Waals surface area contributed by atoms with Gasteiger partial charge in [0.05, 0.1) is 0 Å². The minimum atomic E-state index is 0.505. The average Bonchev–Trinajstić information content (AvgIpc) is 2.53. The van der Waals surface area contributed by atoms with Gasteiger partial charge in [0.15, 0.2) is 5.82 Å². The standard InChI is InChI=1S/C8H9N5/c1-13-8(11-5-12-13)6-2-3-7(9)10-4-6/h2-5H,1H3,(H2,9,10). The largest absolute Gasteiger partial charge is 0.384 e. The highest BCUT2D eigenvalue weighted by Crippen LogP contribution is 2.14. The summed E-state index contributed by atoms with van der Waals surface area (Å²) in [6.45, 7) is 0. The second kappa shape index (κ2) is 2.85. The molecular weight excluding hydrogens is 166 g/mol. The number of nitrogen functional groups attached to an aromatic ring is 1. The monoisotopic (exact) mass is 175 g/mol. The van der Waals surface area contributed by atoms with E-state index in [9.17, 15) is 0 Å². The van der Waals surface area contributed by atoms with Gasteiger partial charge in [0, 0.05) is 18.8 Å². The Labute approximate surface area is 75.2 Å². The molecule has 0 aromatic carbocycles. The Balaban J connectivity index is 2.47. The maximum Gasteiger partial charge on any atom is 0.159 e. The molecule has 0 unspecified atom stereocenters. The lowest BCUT2D eigenvalue weighted by atomic mass is 10.2. The van der Waals surface area contributed by atoms with Crippen LogP contribution in [0.3, 0.4) is 0 Å². The van der Waals surface area contributed by atoms with E-state index in [0.29, 0.717) is 5.82 Å². The Morgan fingerprint density at radius 3 is 2.69 bits per heavy atom. The number of hydrogen-bond acceptors (Lipinski definition) is 4. The van der Waals surface area contributed by atoms with Crippen LogP contribution in [0.25, 0.3) is 11.4 Å². The quantitative estimate of drug-likeness (QED) is 0.683. The molecule has 2 aromatic heterocycles. The third-order valence-corrected chi connectivity index (χ3v) is 1.76. The van der Waals surface area contributed by atoms with E-state index < -0.39 is 0 Å². The van der Waals surface area contributed by atoms with E-state index in [-0.39, 0.29) is 0 Å². The van der Waals surface area contributed by atoms with Crippen LogP contribution in [0.5, 0.6) is 0 Å². The maximum atomic E-state index is 5.46. The topological polar surface area (TPSA) is 69.6 Å². The molecule has 66 valence electrons. The zero-order valence-electron chi connectivity index (χ0n) is 7.18. The van der Waals surface area contributed by atoms with Crippen molar-refractivity contribution in [1.29, 1.82) is 0 Å². The summed E-state index contributed by atoms with van der Waals surface area (Å²) < 4.78 is 1.69. The summed E-state index contributed by atoms with van der Waals surface area (Å²) in [7, 11) is 1.83. The zero-order valence-corrected chi connectivity index (χ0v) is 7.18. The Hall–Kier alpha value is -1.91. The summed E-state index contributed by atoms with van der Waals surface area (Å²) in [6.07, 6.45) is 3.19. The van der Waals surface area contributed by atoms with Crippen LogP contribution in [0.1, 0.15) is 0 Å². The summed E-state index contributed by atoms with van der Waals surface area (Å²) in [5.41, 5.74) is 6.38. The van der Waals surface area contributed by atoms with Crippen molar-refractivity contribution in [3.63, 3.8) is 0 Å². The van der Waals surface area contributed by atoms with E-state index in [1.807, 2.05) is 13.1 Å². The number of hydrogen-bond donors (Lipinski definition) is 1. The van der Waals surface area contributed by atoms with Crippen LogP contribution >= 0.6 is 0 Å². The highest BCUT2D eigenvalue weighted by atomic mass is 15.3. The summed E-state index contributed by atoms with van der Waals surface area (Å²) >= 11 is 0. The first-order chi connectivity index (χ1) is 6.27. The van der Waals surface area contributed by atoms with Crippen molar-refractivity contribution in [3.8, 4) is 11.4 Å². The molecule has 0 saturated carbocycles. The van der Waals surface area contributed by atoms with Gasteiger partial charge in [0.25, 0.3) is 0 Å². The lowest BCUT2D eigenvalue weighted by molar-refractivity contribution is 0.774. The third-order valence-electron chi connectivity index (χ3n) is 1.76. The van der Waals surface area contributed by atoms with E-state index in [4.69, 9.17) is 5.73 Å². The molecule has 0 aliphatic rings. The number of nitrogens with two attached hydrogens (primary N) is 1. The van der Waals surface area contributed by atoms with Crippen LogP contribution in [0.2, 0.25) is 0 Å². The maximum absolute atomic E-state index is 5.46. The Morgan fingerprint density at radius 1 is 1.31 bits per heavy atom. The second-order valence-corrected chi connectivity index (χ2v) is 2.68. The third kappa shape index (κ3) is 1.35. The lowest BCUT2D eigenvalue weighted by Crippen LogP contribution is -1.96. The SMILES string of the molecule is Cn1ncnc1-c1ccc(N)nc1. The molecule has 2 heterocycles. The number of nitrogens with zero attached hydrogens (tertiary/aromatic N) is 4. The smallest absolute Gasteiger partial charge is 0.159 e. The first-order valence-electron chi connectivity index (χ1n) is 3.83. The number of anilines is 1. The molecule has 2 rings (SSSR count). The first-order valence-corrected chi connectivity index (χ1v) is 3.83. The van der Waals surface area contributed by atoms with Gasteiger partial charge in [-0.25, -0.2) is 14.6 Å². The summed E-state index contributed by atoms with van der Waals surface area (Å²) in [5, 5.41) is 3.96. The molecule has 2 aromatic rings. The van der Waals surface area contributed by atoms with Crippen molar-refractivity contribution in [2.75, 3.05) is 5.73 Å². The Morgan fingerprint density at radius 2 is 2.15 bits per heavy atom. The van der Waals surface area contributed by atoms with Gasteiger partial charge in [-0.05, 0) is 12.1 Å². The van der Waals surface area contributed by atoms with Crippen molar-refractivity contribution in [2.45, 2.75) is 0 Å². The molecule has 0 atom stereocenters. The van der Waals surface area contributed by atoms with Crippen LogP contribution in [-0.2, 0) is 7.05 Å². The molecule has 0 amide bonds. The predicted molar refractivity (Wildman–Crippen MR) is 48.6 cm³/mol. The van der Waals surface area contributed by atoms with Crippen molar-refractivity contribution < 1.29 is 0 Å². The first kappa shape index (κ1) is 7.72. The molecule has 0 bridgehead atoms. The minimum Gasteiger partial charge on any atom is -0.384 e. The number of aromatic nitrogens is 4. The van der Waals surface area contributed by atoms with Crippen molar-refractivity contribution in [1.82, 2.24) is 19.7 Å². The van der Waals surface area contributed by atoms with Gasteiger partial charge in [0.1, 0.15) is 12.1 Å². The van der Waals surface area contributed by atoms with E-state index >= 15 is 0 Å². The molecule has 0 aliphatic heterocycles. The van der Waals surface area contributed by atoms with Crippen LogP contribution in [0.15, 0.2) is 24.7 Å². The van der Waals surface area contributed by atoms with E-state index in [0.717, 1.165) is 11.4 Å². The second-order valence-electron chi connectivity index (χ2n) is 2.68. The molecule has 0 radical (unpaired) electrons. The van der Waals surface area contributed by atoms with Gasteiger partial charge in [0.2, 0.25) is 0 Å². The predicted octanol–water partition coefficient (Wildman–Crippen LogP) is 0.459. The van der Waals surface area contributed by atoms with Crippen molar-refractivity contribution in [2.24, 2.45) is 7.05 Å². The van der Waals surface area contributed by atoms with Gasteiger partial charge in [-0.1, -0.05) is 0 Å². The minimum absolute atomic E-state index is 0.505. The molecule has 5 heteroatoms. The van der Waals surface area contributed by atoms with Gasteiger partial charge in [-0.3, -0.25) is 0 Å². The van der Waals surface area contributed by atoms with Crippen LogP contribution in [0, 0.1) is 0 Å². The molecule has 5 nitrogen and oxygen atoms in total. The number of aryl methyl sites for hydroxylation is 1. The van der Waals surface area contributed by atoms with Gasteiger partial charge in [-0.15, -0.1) is 0 Å². The molecule has 0 saturated heterocycles. The lowest BCUT2D eigenvalue weighted by Gasteiger charge is -1.99. The van der Waals surface area contributed by atoms with E-state index in [2.05, 4.69) is 15.1 Å². The fourth-order valence-corrected chi connectivity index (χ4v) is 1.10. The fraction of sp³-hybridized carbons (Fsp3) is 0.125. The fourth-order valence-electron chi connectivity index (χ4n) is 1.10. The van der Waals surface area contributed by atoms with Gasteiger partial charge < -0.3 is 5.73 Å². The summed E-state index contributed by atoms with van der Waals surface area (Å²) in [6, 6.07) is 3.61. The molecule has 0 spiro atoms. The molecule has 0 aliphatic carbocycles. The number of rotatable bonds is 1. The molecule has 13 heavy (non-hydrogen) atoms. The highest BCUT2D eigenvalue weighted by Gasteiger charge is 2.03. The average molecular weight is 175 g/mol. The van der Waals surface area contributed by atoms with E-state index in [1.54, 1.807) is 16.9 Å². The number of pyridine rings is 1. The Bertz CT molecular complexity index is 403. The molecular formula is C8H9N5. The van der Waals surface area contributed by atoms with Crippen LogP contribution < -0.4 is 5.73 Å². The van der Waals surface area contributed by atoms with Gasteiger partial charge >= 0.3 is 0 Å². The van der Waals surface area contributed by atoms with Crippen molar-refractivity contribution in [3.05, 3.63) is 24.7 Å². The molecule has 2 N–H and O–H groups in total. The van der Waals surface area contributed by atoms with E-state index in [1.165, 1.54) is 6.33 Å². The summed E-state index contributed by atoms with van der Waals surface area (Å²) in [4.78, 5) is 8.06. The van der Waals surface area contributed by atoms with Crippen LogP contribution in [-0.4, -0.2) is 19.7 Å². The van der Waals surface area contributed by atoms with Crippen LogP contribution in [0.4, 0.5) is 5.82 Å². The molecule has 0 fully saturated rings. The normalized spacial score (nSPS) is 10.2. The van der Waals surface area contributed by atoms with Gasteiger partial charge in [-0.2, -0.15) is 5.10 Å². The Kier molecular flexibility index (Phi) is 1.70. The summed E-state index contributed by atoms with van der Waals surface area (Å²) in [5.74, 6) is 1.29.